The molecule has 5 aromatic carbocycles. The van der Waals surface area contributed by atoms with Crippen molar-refractivity contribution in [3.05, 3.63) is 189 Å². The smallest absolute Gasteiger partial charge is 0.339 e. The molecule has 0 radical (unpaired) electrons. The summed E-state index contributed by atoms with van der Waals surface area (Å²) in [5, 5.41) is 0. The minimum atomic E-state index is -4.08. The summed E-state index contributed by atoms with van der Waals surface area (Å²) in [7, 11) is -4.08. The van der Waals surface area contributed by atoms with E-state index in [1.807, 2.05) is 118 Å². The number of sulfonamides is 1. The third-order valence-corrected chi connectivity index (χ3v) is 11.8. The first-order valence-corrected chi connectivity index (χ1v) is 19.7. The summed E-state index contributed by atoms with van der Waals surface area (Å²) in [6, 6.07) is 40.6. The fraction of sp³-hybridized carbons (Fsp3) is 0.205. The minimum absolute atomic E-state index is 0.0949. The lowest BCUT2D eigenvalue weighted by atomic mass is 9.80. The molecule has 7 rings (SSSR count). The van der Waals surface area contributed by atoms with Crippen molar-refractivity contribution >= 4 is 37.5 Å². The second kappa shape index (κ2) is 16.4. The van der Waals surface area contributed by atoms with Gasteiger partial charge in [0, 0.05) is 35.4 Å². The van der Waals surface area contributed by atoms with Crippen molar-refractivity contribution in [2.45, 2.75) is 43.7 Å². The second-order valence-corrected chi connectivity index (χ2v) is 15.4. The minimum Gasteiger partial charge on any atom is -0.444 e. The average molecular weight is 777 g/mol. The van der Waals surface area contributed by atoms with Gasteiger partial charge >= 0.3 is 5.97 Å². The van der Waals surface area contributed by atoms with E-state index in [4.69, 9.17) is 9.47 Å². The van der Waals surface area contributed by atoms with Gasteiger partial charge in [-0.1, -0.05) is 131 Å². The first kappa shape index (κ1) is 37.2. The maximum atomic E-state index is 14.8. The van der Waals surface area contributed by atoms with Crippen LogP contribution in [0.2, 0.25) is 0 Å². The Morgan fingerprint density at radius 2 is 1.42 bits per heavy atom. The molecular weight excluding hydrogens is 734 g/mol. The molecule has 0 unspecified atom stereocenters. The molecular formula is C44H42BrNO5S. The fourth-order valence-electron chi connectivity index (χ4n) is 6.95. The maximum absolute atomic E-state index is 14.8. The third kappa shape index (κ3) is 7.48. The van der Waals surface area contributed by atoms with Crippen LogP contribution in [0.4, 0.5) is 0 Å². The van der Waals surface area contributed by atoms with Crippen molar-refractivity contribution in [3.63, 3.8) is 0 Å². The van der Waals surface area contributed by atoms with Gasteiger partial charge in [0.05, 0.1) is 16.5 Å². The van der Waals surface area contributed by atoms with Crippen molar-refractivity contribution in [1.29, 1.82) is 0 Å². The molecule has 1 heterocycles. The van der Waals surface area contributed by atoms with E-state index in [9.17, 15) is 13.2 Å². The van der Waals surface area contributed by atoms with Crippen LogP contribution in [0, 0.1) is 6.92 Å². The molecule has 0 saturated heterocycles. The molecule has 0 N–H and O–H groups in total. The SMILES string of the molecule is CCOCC.Cc1ccc(S(=O)(=O)N2CC=CC3=C(c4ccc(Br)cc4)c4ccccc4[C@@]3(OC(=O)c3ccccc3)[C@@H]2Cc2ccccc2)cc1. The number of halogens is 1. The molecule has 0 fully saturated rings. The first-order valence-electron chi connectivity index (χ1n) is 17.5. The summed E-state index contributed by atoms with van der Waals surface area (Å²) in [5.74, 6) is -0.531. The molecule has 1 aliphatic carbocycles. The largest absolute Gasteiger partial charge is 0.444 e. The predicted molar refractivity (Wildman–Crippen MR) is 210 cm³/mol. The molecule has 2 aliphatic rings. The number of nitrogens with zero attached hydrogens (tertiary/aromatic N) is 1. The van der Waals surface area contributed by atoms with E-state index in [1.54, 1.807) is 48.5 Å². The van der Waals surface area contributed by atoms with E-state index in [0.717, 1.165) is 56.6 Å². The van der Waals surface area contributed by atoms with Crippen LogP contribution in [-0.2, 0) is 31.5 Å². The second-order valence-electron chi connectivity index (χ2n) is 12.6. The Balaban J connectivity index is 0.000000870. The van der Waals surface area contributed by atoms with E-state index in [0.29, 0.717) is 12.0 Å². The number of hydrogen-bond acceptors (Lipinski definition) is 5. The summed E-state index contributed by atoms with van der Waals surface area (Å²) in [5.41, 5.74) is 4.99. The normalized spacial score (nSPS) is 18.1. The monoisotopic (exact) mass is 775 g/mol. The third-order valence-electron chi connectivity index (χ3n) is 9.36. The van der Waals surface area contributed by atoms with Crippen LogP contribution in [0.5, 0.6) is 0 Å². The molecule has 0 amide bonds. The van der Waals surface area contributed by atoms with Gasteiger partial charge in [0.25, 0.3) is 0 Å². The van der Waals surface area contributed by atoms with Crippen molar-refractivity contribution in [3.8, 4) is 0 Å². The Morgan fingerprint density at radius 3 is 2.06 bits per heavy atom. The zero-order chi connectivity index (χ0) is 36.7. The fourth-order valence-corrected chi connectivity index (χ4v) is 8.81. The van der Waals surface area contributed by atoms with Gasteiger partial charge in [0.1, 0.15) is 0 Å². The Morgan fingerprint density at radius 1 is 0.808 bits per heavy atom. The van der Waals surface area contributed by atoms with Gasteiger partial charge in [-0.05, 0) is 85.9 Å². The first-order chi connectivity index (χ1) is 25.2. The Bertz CT molecular complexity index is 2160. The molecule has 1 aliphatic heterocycles. The number of benzene rings is 5. The number of fused-ring (bicyclic) bond motifs is 3. The number of aryl methyl sites for hydroxylation is 1. The molecule has 2 atom stereocenters. The molecule has 0 bridgehead atoms. The lowest BCUT2D eigenvalue weighted by Crippen LogP contribution is -2.55. The van der Waals surface area contributed by atoms with Crippen LogP contribution >= 0.6 is 15.9 Å². The molecule has 52 heavy (non-hydrogen) atoms. The average Bonchev–Trinajstić information content (AvgIpc) is 3.33. The standard InChI is InChI=1S/C40H32BrNO4S.C4H10O/c1-28-18-24-33(25-19-28)47(44,45)42-26-10-17-36-38(30-20-22-32(41)23-21-30)34-15-8-9-16-35(34)40(36,37(42)27-29-11-4-2-5-12-29)46-39(43)31-13-6-3-7-14-31;1-3-5-4-2/h2-25,37H,26-27H2,1H3;3-4H2,1-2H3/t37-,40-;/m0./s1. The van der Waals surface area contributed by atoms with Crippen molar-refractivity contribution in [2.75, 3.05) is 19.8 Å². The topological polar surface area (TPSA) is 72.9 Å². The highest BCUT2D eigenvalue weighted by atomic mass is 79.9. The van der Waals surface area contributed by atoms with Gasteiger partial charge in [0.2, 0.25) is 10.0 Å². The van der Waals surface area contributed by atoms with E-state index < -0.39 is 27.6 Å². The summed E-state index contributed by atoms with van der Waals surface area (Å²) >= 11 is 3.57. The van der Waals surface area contributed by atoms with Crippen LogP contribution < -0.4 is 0 Å². The lowest BCUT2D eigenvalue weighted by Gasteiger charge is -2.43. The van der Waals surface area contributed by atoms with Gasteiger partial charge in [-0.2, -0.15) is 4.31 Å². The quantitative estimate of drug-likeness (QED) is 0.140. The summed E-state index contributed by atoms with van der Waals surface area (Å²) in [6.45, 7) is 7.69. The van der Waals surface area contributed by atoms with Gasteiger partial charge in [-0.15, -0.1) is 0 Å². The summed E-state index contributed by atoms with van der Waals surface area (Å²) in [6.07, 6.45) is 4.13. The molecule has 266 valence electrons. The number of esters is 1. The Labute approximate surface area is 315 Å². The summed E-state index contributed by atoms with van der Waals surface area (Å²) < 4.78 is 43.7. The van der Waals surface area contributed by atoms with Gasteiger partial charge in [-0.3, -0.25) is 0 Å². The zero-order valence-corrected chi connectivity index (χ0v) is 31.9. The Kier molecular flexibility index (Phi) is 11.7. The number of carbonyl (C=O) groups is 1. The van der Waals surface area contributed by atoms with E-state index >= 15 is 0 Å². The van der Waals surface area contributed by atoms with Gasteiger partial charge in [0.15, 0.2) is 5.60 Å². The molecule has 6 nitrogen and oxygen atoms in total. The van der Waals surface area contributed by atoms with Crippen molar-refractivity contribution < 1.29 is 22.7 Å². The molecule has 8 heteroatoms. The van der Waals surface area contributed by atoms with Crippen LogP contribution in [0.1, 0.15) is 52.0 Å². The van der Waals surface area contributed by atoms with Gasteiger partial charge < -0.3 is 9.47 Å². The number of carbonyl (C=O) groups excluding carboxylic acids is 1. The summed E-state index contributed by atoms with van der Waals surface area (Å²) in [4.78, 5) is 14.5. The van der Waals surface area contributed by atoms with Crippen LogP contribution in [0.3, 0.4) is 0 Å². The molecule has 0 spiro atoms. The zero-order valence-electron chi connectivity index (χ0n) is 29.5. The molecule has 5 aromatic rings. The lowest BCUT2D eigenvalue weighted by molar-refractivity contribution is -0.0304. The van der Waals surface area contributed by atoms with Crippen LogP contribution in [0.15, 0.2) is 161 Å². The molecule has 0 aromatic heterocycles. The molecule has 0 saturated carbocycles. The van der Waals surface area contributed by atoms with E-state index in [-0.39, 0.29) is 11.4 Å². The highest BCUT2D eigenvalue weighted by Gasteiger charge is 2.57. The van der Waals surface area contributed by atoms with E-state index in [1.165, 1.54) is 4.31 Å². The predicted octanol–water partition coefficient (Wildman–Crippen LogP) is 9.54. The van der Waals surface area contributed by atoms with Crippen LogP contribution in [-0.4, -0.2) is 44.5 Å². The van der Waals surface area contributed by atoms with Gasteiger partial charge in [-0.25, -0.2) is 13.2 Å². The van der Waals surface area contributed by atoms with E-state index in [2.05, 4.69) is 15.9 Å². The van der Waals surface area contributed by atoms with Crippen molar-refractivity contribution in [2.24, 2.45) is 0 Å². The van der Waals surface area contributed by atoms with Crippen molar-refractivity contribution in [1.82, 2.24) is 4.31 Å². The number of ether oxygens (including phenoxy) is 2. The highest BCUT2D eigenvalue weighted by molar-refractivity contribution is 9.10. The Hall–Kier alpha value is -4.60. The highest BCUT2D eigenvalue weighted by Crippen LogP contribution is 2.55. The van der Waals surface area contributed by atoms with Crippen LogP contribution in [0.25, 0.3) is 5.57 Å². The number of rotatable bonds is 9. The maximum Gasteiger partial charge on any atom is 0.339 e. The number of hydrogen-bond donors (Lipinski definition) is 0.